The van der Waals surface area contributed by atoms with E-state index in [-0.39, 0.29) is 27.9 Å². The maximum absolute atomic E-state index is 13.3. The first kappa shape index (κ1) is 28.8. The van der Waals surface area contributed by atoms with Crippen molar-refractivity contribution >= 4 is 61.9 Å². The van der Waals surface area contributed by atoms with E-state index in [0.717, 1.165) is 12.1 Å². The molecule has 0 bridgehead atoms. The molecule has 40 heavy (non-hydrogen) atoms. The summed E-state index contributed by atoms with van der Waals surface area (Å²) in [4.78, 5) is 41.3. The van der Waals surface area contributed by atoms with Gasteiger partial charge in [-0.15, -0.1) is 0 Å². The predicted molar refractivity (Wildman–Crippen MR) is 154 cm³/mol. The van der Waals surface area contributed by atoms with Crippen LogP contribution in [0.1, 0.15) is 37.6 Å². The first-order valence-corrected chi connectivity index (χ1v) is 13.2. The average molecular weight is 631 g/mol. The Morgan fingerprint density at radius 1 is 1.30 bits per heavy atom. The molecule has 0 saturated carbocycles. The van der Waals surface area contributed by atoms with Crippen LogP contribution in [-0.4, -0.2) is 33.3 Å². The Hall–Kier alpha value is -4.16. The number of nitro groups is 1. The zero-order valence-corrected chi connectivity index (χ0v) is 23.6. The summed E-state index contributed by atoms with van der Waals surface area (Å²) in [5.74, 6) is -1.21. The van der Waals surface area contributed by atoms with E-state index >= 15 is 0 Å². The second-order valence-electron chi connectivity index (χ2n) is 8.76. The Morgan fingerprint density at radius 3 is 2.77 bits per heavy atom. The fourth-order valence-electron chi connectivity index (χ4n) is 3.76. The topological polar surface area (TPSA) is 129 Å². The zero-order chi connectivity index (χ0) is 29.0. The van der Waals surface area contributed by atoms with Gasteiger partial charge < -0.3 is 10.1 Å². The van der Waals surface area contributed by atoms with Crippen molar-refractivity contribution in [2.24, 2.45) is 5.10 Å². The highest BCUT2D eigenvalue weighted by Crippen LogP contribution is 2.36. The Kier molecular flexibility index (Phi) is 8.90. The maximum atomic E-state index is 13.3. The van der Waals surface area contributed by atoms with Gasteiger partial charge in [-0.2, -0.15) is 9.78 Å². The van der Waals surface area contributed by atoms with Gasteiger partial charge >= 0.3 is 5.69 Å². The number of anilines is 1. The van der Waals surface area contributed by atoms with Crippen LogP contribution >= 0.6 is 27.5 Å². The number of halogens is 3. The molecule has 0 saturated heterocycles. The van der Waals surface area contributed by atoms with Crippen molar-refractivity contribution < 1.29 is 18.8 Å². The van der Waals surface area contributed by atoms with Gasteiger partial charge in [-0.1, -0.05) is 47.4 Å². The molecule has 0 aliphatic heterocycles. The molecule has 4 aromatic rings. The molecule has 0 aliphatic rings. The summed E-state index contributed by atoms with van der Waals surface area (Å²) in [5.41, 5.74) is 0.0229. The quantitative estimate of drug-likeness (QED) is 0.132. The molecule has 4 rings (SSSR count). The average Bonchev–Trinajstić information content (AvgIpc) is 2.91. The van der Waals surface area contributed by atoms with Gasteiger partial charge in [0.05, 0.1) is 27.1 Å². The highest BCUT2D eigenvalue weighted by Gasteiger charge is 2.22. The zero-order valence-electron chi connectivity index (χ0n) is 21.2. The molecule has 0 radical (unpaired) electrons. The molecule has 1 aromatic heterocycles. The number of hydrogen-bond acceptors (Lipinski definition) is 7. The molecule has 206 valence electrons. The lowest BCUT2D eigenvalue weighted by Crippen LogP contribution is -2.23. The SMILES string of the molecule is CC[C@@H](C)c1nc2ccc(Br)cc2c(=O)n1N=Cc1cc(Cl)c(OCC(=O)Nc2cccc(F)c2)c([N+](=O)[O-])c1. The lowest BCUT2D eigenvalue weighted by Gasteiger charge is -2.14. The highest BCUT2D eigenvalue weighted by molar-refractivity contribution is 9.10. The minimum absolute atomic E-state index is 0.106. The second-order valence-corrected chi connectivity index (χ2v) is 10.1. The molecule has 0 aliphatic carbocycles. The fourth-order valence-corrected chi connectivity index (χ4v) is 4.40. The van der Waals surface area contributed by atoms with E-state index in [9.17, 15) is 24.1 Å². The molecule has 0 spiro atoms. The first-order chi connectivity index (χ1) is 19.1. The van der Waals surface area contributed by atoms with E-state index in [4.69, 9.17) is 16.3 Å². The van der Waals surface area contributed by atoms with Gasteiger partial charge in [0, 0.05) is 27.7 Å². The number of rotatable bonds is 9. The summed E-state index contributed by atoms with van der Waals surface area (Å²) in [7, 11) is 0. The number of carbonyl (C=O) groups excluding carboxylic acids is 1. The van der Waals surface area contributed by atoms with Gasteiger partial charge in [0.25, 0.3) is 11.5 Å². The molecule has 0 fully saturated rings. The third kappa shape index (κ3) is 6.52. The van der Waals surface area contributed by atoms with Gasteiger partial charge in [0.15, 0.2) is 6.61 Å². The molecule has 0 unspecified atom stereocenters. The number of nitrogens with zero attached hydrogens (tertiary/aromatic N) is 4. The molecular weight excluding hydrogens is 609 g/mol. The Bertz CT molecular complexity index is 1710. The normalized spacial score (nSPS) is 12.0. The number of aromatic nitrogens is 2. The fraction of sp³-hybridized carbons (Fsp3) is 0.185. The van der Waals surface area contributed by atoms with Gasteiger partial charge in [-0.05, 0) is 48.9 Å². The summed E-state index contributed by atoms with van der Waals surface area (Å²) in [5, 5.41) is 18.7. The van der Waals surface area contributed by atoms with Crippen LogP contribution in [0.15, 0.2) is 69.0 Å². The lowest BCUT2D eigenvalue weighted by molar-refractivity contribution is -0.385. The number of benzene rings is 3. The monoisotopic (exact) mass is 629 g/mol. The number of ether oxygens (including phenoxy) is 1. The van der Waals surface area contributed by atoms with Gasteiger partial charge in [0.2, 0.25) is 5.75 Å². The summed E-state index contributed by atoms with van der Waals surface area (Å²) < 4.78 is 20.6. The van der Waals surface area contributed by atoms with E-state index in [1.807, 2.05) is 13.8 Å². The Labute approximate surface area is 240 Å². The minimum atomic E-state index is -0.713. The van der Waals surface area contributed by atoms with Crippen molar-refractivity contribution in [1.29, 1.82) is 0 Å². The van der Waals surface area contributed by atoms with Crippen LogP contribution in [0.25, 0.3) is 10.9 Å². The largest absolute Gasteiger partial charge is 0.476 e. The number of nitro benzene ring substituents is 1. The van der Waals surface area contributed by atoms with Crippen LogP contribution in [0.5, 0.6) is 5.75 Å². The van der Waals surface area contributed by atoms with Crippen molar-refractivity contribution in [1.82, 2.24) is 9.66 Å². The third-order valence-corrected chi connectivity index (χ3v) is 6.68. The van der Waals surface area contributed by atoms with Gasteiger partial charge in [0.1, 0.15) is 11.6 Å². The molecule has 1 heterocycles. The summed E-state index contributed by atoms with van der Waals surface area (Å²) >= 11 is 9.66. The summed E-state index contributed by atoms with van der Waals surface area (Å²) in [6, 6.07) is 12.9. The van der Waals surface area contributed by atoms with Crippen LogP contribution in [0.4, 0.5) is 15.8 Å². The van der Waals surface area contributed by atoms with Crippen LogP contribution in [0, 0.1) is 15.9 Å². The smallest absolute Gasteiger partial charge is 0.313 e. The van der Waals surface area contributed by atoms with E-state index in [1.54, 1.807) is 18.2 Å². The Balaban J connectivity index is 1.64. The second kappa shape index (κ2) is 12.3. The Morgan fingerprint density at radius 2 is 2.08 bits per heavy atom. The first-order valence-electron chi connectivity index (χ1n) is 12.0. The van der Waals surface area contributed by atoms with Crippen molar-refractivity contribution in [2.45, 2.75) is 26.2 Å². The lowest BCUT2D eigenvalue weighted by atomic mass is 10.1. The predicted octanol–water partition coefficient (Wildman–Crippen LogP) is 6.27. The third-order valence-electron chi connectivity index (χ3n) is 5.91. The van der Waals surface area contributed by atoms with Gasteiger partial charge in [-0.3, -0.25) is 19.7 Å². The van der Waals surface area contributed by atoms with E-state index in [0.29, 0.717) is 27.6 Å². The molecular formula is C27H22BrClFN5O5. The van der Waals surface area contributed by atoms with Crippen LogP contribution in [0.3, 0.4) is 0 Å². The van der Waals surface area contributed by atoms with E-state index in [2.05, 4.69) is 31.3 Å². The number of amides is 1. The molecule has 1 atom stereocenters. The van der Waals surface area contributed by atoms with Crippen molar-refractivity contribution in [3.63, 3.8) is 0 Å². The molecule has 10 nitrogen and oxygen atoms in total. The maximum Gasteiger partial charge on any atom is 0.313 e. The highest BCUT2D eigenvalue weighted by atomic mass is 79.9. The molecule has 1 amide bonds. The van der Waals surface area contributed by atoms with Crippen molar-refractivity contribution in [3.8, 4) is 5.75 Å². The van der Waals surface area contributed by atoms with Crippen LogP contribution in [-0.2, 0) is 4.79 Å². The van der Waals surface area contributed by atoms with E-state index in [1.165, 1.54) is 35.2 Å². The summed E-state index contributed by atoms with van der Waals surface area (Å²) in [6.07, 6.45) is 1.96. The van der Waals surface area contributed by atoms with E-state index < -0.39 is 34.5 Å². The van der Waals surface area contributed by atoms with Gasteiger partial charge in [-0.25, -0.2) is 9.37 Å². The van der Waals surface area contributed by atoms with Crippen LogP contribution in [0.2, 0.25) is 5.02 Å². The minimum Gasteiger partial charge on any atom is -0.476 e. The number of hydrogen-bond donors (Lipinski definition) is 1. The molecule has 3 aromatic carbocycles. The van der Waals surface area contributed by atoms with Crippen molar-refractivity contribution in [2.75, 3.05) is 11.9 Å². The molecule has 13 heteroatoms. The number of carbonyl (C=O) groups is 1. The number of nitrogens with one attached hydrogen (secondary N) is 1. The van der Waals surface area contributed by atoms with Crippen LogP contribution < -0.4 is 15.6 Å². The standard InChI is InChI=1S/C27H22BrClFN5O5/c1-3-15(2)26-33-22-8-7-17(28)11-20(22)27(37)34(26)31-13-16-9-21(29)25(23(10-16)35(38)39)40-14-24(36)32-19-6-4-5-18(30)12-19/h4-13,15H,3,14H2,1-2H3,(H,32,36)/t15-/m1/s1. The van der Waals surface area contributed by atoms with Crippen molar-refractivity contribution in [3.05, 3.63) is 102 Å². The molecule has 1 N–H and O–H groups in total. The summed E-state index contributed by atoms with van der Waals surface area (Å²) in [6.45, 7) is 3.25. The number of fused-ring (bicyclic) bond motifs is 1.